The van der Waals surface area contributed by atoms with E-state index in [2.05, 4.69) is 32.0 Å². The van der Waals surface area contributed by atoms with Crippen LogP contribution in [-0.2, 0) is 6.42 Å². The Balaban J connectivity index is 0.000000378. The summed E-state index contributed by atoms with van der Waals surface area (Å²) >= 11 is 0. The van der Waals surface area contributed by atoms with Gasteiger partial charge in [0.05, 0.1) is 6.61 Å². The maximum atomic E-state index is 5.98. The van der Waals surface area contributed by atoms with E-state index in [4.69, 9.17) is 4.74 Å². The molecule has 0 aromatic heterocycles. The molecule has 1 heteroatoms. The highest BCUT2D eigenvalue weighted by atomic mass is 16.5. The highest BCUT2D eigenvalue weighted by Crippen LogP contribution is 2.46. The lowest BCUT2D eigenvalue weighted by atomic mass is 9.68. The van der Waals surface area contributed by atoms with Crippen LogP contribution in [0, 0.1) is 11.8 Å². The van der Waals surface area contributed by atoms with Crippen molar-refractivity contribution in [3.8, 4) is 5.75 Å². The number of hydrogen-bond donors (Lipinski definition) is 0. The first-order valence-electron chi connectivity index (χ1n) is 10.6. The number of aryl methyl sites for hydroxylation is 1. The lowest BCUT2D eigenvalue weighted by Gasteiger charge is -2.37. The molecule has 0 amide bonds. The Kier molecular flexibility index (Phi) is 8.15. The molecule has 2 unspecified atom stereocenters. The quantitative estimate of drug-likeness (QED) is 0.572. The molecule has 0 aliphatic heterocycles. The van der Waals surface area contributed by atoms with Crippen LogP contribution in [0.25, 0.3) is 0 Å². The molecule has 24 heavy (non-hydrogen) atoms. The Morgan fingerprint density at radius 2 is 1.67 bits per heavy atom. The van der Waals surface area contributed by atoms with Crippen molar-refractivity contribution in [1.29, 1.82) is 0 Å². The van der Waals surface area contributed by atoms with Crippen molar-refractivity contribution >= 4 is 0 Å². The van der Waals surface area contributed by atoms with E-state index in [1.54, 1.807) is 11.1 Å². The summed E-state index contributed by atoms with van der Waals surface area (Å²) < 4.78 is 5.98. The van der Waals surface area contributed by atoms with Gasteiger partial charge in [0.25, 0.3) is 0 Å². The van der Waals surface area contributed by atoms with E-state index in [1.165, 1.54) is 57.8 Å². The fourth-order valence-electron chi connectivity index (χ4n) is 4.04. The van der Waals surface area contributed by atoms with Gasteiger partial charge in [-0.2, -0.15) is 0 Å². The first-order chi connectivity index (χ1) is 11.8. The summed E-state index contributed by atoms with van der Waals surface area (Å²) in [6.07, 6.45) is 12.4. The van der Waals surface area contributed by atoms with E-state index < -0.39 is 0 Å². The van der Waals surface area contributed by atoms with Crippen molar-refractivity contribution in [2.75, 3.05) is 6.61 Å². The van der Waals surface area contributed by atoms with Crippen molar-refractivity contribution < 1.29 is 4.74 Å². The Morgan fingerprint density at radius 1 is 0.958 bits per heavy atom. The van der Waals surface area contributed by atoms with Crippen molar-refractivity contribution in [3.05, 3.63) is 29.3 Å². The second-order valence-electron chi connectivity index (χ2n) is 7.51. The summed E-state index contributed by atoms with van der Waals surface area (Å²) in [5, 5.41) is 0. The van der Waals surface area contributed by atoms with Crippen LogP contribution < -0.4 is 4.74 Å². The fraction of sp³-hybridized carbons (Fsp3) is 0.739. The number of benzene rings is 1. The first kappa shape index (κ1) is 19.3. The van der Waals surface area contributed by atoms with Crippen molar-refractivity contribution in [3.63, 3.8) is 0 Å². The molecule has 136 valence electrons. The Labute approximate surface area is 150 Å². The second-order valence-corrected chi connectivity index (χ2v) is 7.51. The lowest BCUT2D eigenvalue weighted by molar-refractivity contribution is 0.271. The normalized spacial score (nSPS) is 24.3. The van der Waals surface area contributed by atoms with Gasteiger partial charge in [0.2, 0.25) is 0 Å². The van der Waals surface area contributed by atoms with Gasteiger partial charge in [0.1, 0.15) is 5.75 Å². The minimum absolute atomic E-state index is 0.835. The van der Waals surface area contributed by atoms with Gasteiger partial charge in [-0.05, 0) is 79.5 Å². The highest BCUT2D eigenvalue weighted by molar-refractivity contribution is 5.40. The number of fused-ring (bicyclic) bond motifs is 3. The van der Waals surface area contributed by atoms with Crippen molar-refractivity contribution in [2.45, 2.75) is 91.4 Å². The van der Waals surface area contributed by atoms with E-state index >= 15 is 0 Å². The molecular weight excluding hydrogens is 292 g/mol. The molecular formula is C23H38O. The van der Waals surface area contributed by atoms with Crippen LogP contribution in [0.2, 0.25) is 0 Å². The van der Waals surface area contributed by atoms with Gasteiger partial charge in [-0.3, -0.25) is 0 Å². The SMILES string of the molecule is CC.CCC.c1cc2c(cc1OCC1CC1)C1CCCCC1CC2. The molecule has 1 aromatic rings. The minimum atomic E-state index is 0.835. The van der Waals surface area contributed by atoms with Crippen LogP contribution in [0.5, 0.6) is 5.75 Å². The molecule has 2 fully saturated rings. The molecule has 0 saturated heterocycles. The van der Waals surface area contributed by atoms with Gasteiger partial charge in [0, 0.05) is 0 Å². The molecule has 0 N–H and O–H groups in total. The first-order valence-corrected chi connectivity index (χ1v) is 10.6. The van der Waals surface area contributed by atoms with E-state index in [9.17, 15) is 0 Å². The fourth-order valence-corrected chi connectivity index (χ4v) is 4.04. The summed E-state index contributed by atoms with van der Waals surface area (Å²) in [6, 6.07) is 6.91. The summed E-state index contributed by atoms with van der Waals surface area (Å²) in [4.78, 5) is 0. The smallest absolute Gasteiger partial charge is 0.119 e. The molecule has 2 saturated carbocycles. The van der Waals surface area contributed by atoms with E-state index in [0.717, 1.165) is 30.1 Å². The van der Waals surface area contributed by atoms with Crippen LogP contribution >= 0.6 is 0 Å². The van der Waals surface area contributed by atoms with Gasteiger partial charge in [-0.1, -0.05) is 53.0 Å². The largest absolute Gasteiger partial charge is 0.493 e. The molecule has 0 radical (unpaired) electrons. The average molecular weight is 331 g/mol. The van der Waals surface area contributed by atoms with Crippen LogP contribution in [-0.4, -0.2) is 6.61 Å². The summed E-state index contributed by atoms with van der Waals surface area (Å²) in [6.45, 7) is 9.19. The Hall–Kier alpha value is -0.980. The molecule has 3 aliphatic carbocycles. The second kappa shape index (κ2) is 10.1. The van der Waals surface area contributed by atoms with Gasteiger partial charge >= 0.3 is 0 Å². The zero-order chi connectivity index (χ0) is 17.4. The maximum absolute atomic E-state index is 5.98. The number of ether oxygens (including phenoxy) is 1. The van der Waals surface area contributed by atoms with Gasteiger partial charge in [0.15, 0.2) is 0 Å². The van der Waals surface area contributed by atoms with Crippen LogP contribution in [0.15, 0.2) is 18.2 Å². The minimum Gasteiger partial charge on any atom is -0.493 e. The molecule has 2 atom stereocenters. The predicted molar refractivity (Wildman–Crippen MR) is 105 cm³/mol. The monoisotopic (exact) mass is 330 g/mol. The van der Waals surface area contributed by atoms with E-state index in [1.807, 2.05) is 13.8 Å². The van der Waals surface area contributed by atoms with E-state index in [-0.39, 0.29) is 0 Å². The molecule has 1 nitrogen and oxygen atoms in total. The van der Waals surface area contributed by atoms with Crippen LogP contribution in [0.1, 0.15) is 96.1 Å². The molecule has 0 heterocycles. The molecule has 1 aromatic carbocycles. The van der Waals surface area contributed by atoms with Crippen molar-refractivity contribution in [1.82, 2.24) is 0 Å². The topological polar surface area (TPSA) is 9.23 Å². The third kappa shape index (κ3) is 5.26. The molecule has 0 bridgehead atoms. The molecule has 4 rings (SSSR count). The van der Waals surface area contributed by atoms with E-state index in [0.29, 0.717) is 0 Å². The third-order valence-electron chi connectivity index (χ3n) is 5.39. The third-order valence-corrected chi connectivity index (χ3v) is 5.39. The Bertz CT molecular complexity index is 475. The number of hydrogen-bond acceptors (Lipinski definition) is 1. The number of rotatable bonds is 3. The Morgan fingerprint density at radius 3 is 2.38 bits per heavy atom. The van der Waals surface area contributed by atoms with Crippen molar-refractivity contribution in [2.24, 2.45) is 11.8 Å². The zero-order valence-electron chi connectivity index (χ0n) is 16.4. The lowest BCUT2D eigenvalue weighted by Crippen LogP contribution is -2.24. The zero-order valence-corrected chi connectivity index (χ0v) is 16.4. The van der Waals surface area contributed by atoms with Gasteiger partial charge < -0.3 is 4.74 Å². The highest BCUT2D eigenvalue weighted by Gasteiger charge is 2.31. The van der Waals surface area contributed by atoms with Gasteiger partial charge in [-0.15, -0.1) is 0 Å². The average Bonchev–Trinajstić information content (AvgIpc) is 3.46. The summed E-state index contributed by atoms with van der Waals surface area (Å²) in [7, 11) is 0. The van der Waals surface area contributed by atoms with Crippen LogP contribution in [0.4, 0.5) is 0 Å². The molecule has 3 aliphatic rings. The standard InChI is InChI=1S/C18H24O.C3H8.C2H6/c1-2-4-17-14(3-1)7-8-15-9-10-16(11-18(15)17)19-12-13-5-6-13;1-3-2;1-2/h9-11,13-14,17H,1-8,12H2;3H2,1-2H3;1-2H3. The van der Waals surface area contributed by atoms with Crippen LogP contribution in [0.3, 0.4) is 0 Å². The summed E-state index contributed by atoms with van der Waals surface area (Å²) in [5.41, 5.74) is 3.23. The predicted octanol–water partition coefficient (Wildman–Crippen LogP) is 7.14. The summed E-state index contributed by atoms with van der Waals surface area (Å²) in [5.74, 6) is 3.76. The van der Waals surface area contributed by atoms with Gasteiger partial charge in [-0.25, -0.2) is 0 Å². The molecule has 0 spiro atoms. The maximum Gasteiger partial charge on any atom is 0.119 e.